The number of ether oxygens (including phenoxy) is 1. The summed E-state index contributed by atoms with van der Waals surface area (Å²) in [4.78, 5) is 30.6. The molecule has 0 amide bonds. The quantitative estimate of drug-likeness (QED) is 0.512. The van der Waals surface area contributed by atoms with Crippen LogP contribution in [0.1, 0.15) is 17.0 Å². The van der Waals surface area contributed by atoms with Crippen LogP contribution in [0.15, 0.2) is 27.8 Å². The van der Waals surface area contributed by atoms with Crippen LogP contribution in [0.5, 0.6) is 0 Å². The molecule has 0 unspecified atom stereocenters. The fourth-order valence-electron chi connectivity index (χ4n) is 3.66. The van der Waals surface area contributed by atoms with Crippen molar-refractivity contribution in [1.82, 2.24) is 23.1 Å². The van der Waals surface area contributed by atoms with E-state index in [1.165, 1.54) is 16.2 Å². The predicted molar refractivity (Wildman–Crippen MR) is 113 cm³/mol. The fourth-order valence-corrected chi connectivity index (χ4v) is 3.84. The highest BCUT2D eigenvalue weighted by molar-refractivity contribution is 6.31. The van der Waals surface area contributed by atoms with Crippen molar-refractivity contribution in [2.75, 3.05) is 13.7 Å². The predicted octanol–water partition coefficient (Wildman–Crippen LogP) is 2.36. The number of imidazole rings is 2. The van der Waals surface area contributed by atoms with Crippen molar-refractivity contribution < 1.29 is 4.74 Å². The Hall–Kier alpha value is -2.84. The number of hydrogen-bond acceptors (Lipinski definition) is 4. The molecule has 0 saturated carbocycles. The van der Waals surface area contributed by atoms with Crippen LogP contribution in [-0.2, 0) is 18.3 Å². The van der Waals surface area contributed by atoms with Gasteiger partial charge in [-0.25, -0.2) is 4.79 Å². The second-order valence-corrected chi connectivity index (χ2v) is 7.56. The first-order valence-corrected chi connectivity index (χ1v) is 9.61. The van der Waals surface area contributed by atoms with E-state index in [-0.39, 0.29) is 18.7 Å². The van der Waals surface area contributed by atoms with Gasteiger partial charge >= 0.3 is 5.69 Å². The van der Waals surface area contributed by atoms with Crippen LogP contribution in [-0.4, -0.2) is 36.8 Å². The van der Waals surface area contributed by atoms with E-state index in [0.29, 0.717) is 22.0 Å². The van der Waals surface area contributed by atoms with E-state index in [1.807, 2.05) is 47.9 Å². The molecule has 152 valence electrons. The Kier molecular flexibility index (Phi) is 4.63. The second-order valence-electron chi connectivity index (χ2n) is 7.15. The monoisotopic (exact) mass is 415 g/mol. The van der Waals surface area contributed by atoms with Gasteiger partial charge in [0.1, 0.15) is 0 Å². The third-order valence-electron chi connectivity index (χ3n) is 5.45. The molecule has 0 saturated heterocycles. The number of methoxy groups -OCH3 is 1. The Bertz CT molecular complexity index is 1390. The van der Waals surface area contributed by atoms with Gasteiger partial charge in [-0.05, 0) is 38.5 Å². The van der Waals surface area contributed by atoms with Crippen LogP contribution >= 0.6 is 11.6 Å². The van der Waals surface area contributed by atoms with Gasteiger partial charge in [0.25, 0.3) is 5.56 Å². The standard InChI is InChI=1S/C20H22ClN5O3/c1-11-6-7-14(10-15(11)21)25-12(2)13(3)26-16-17(22-19(25)26)23(4)20(28)24(18(16)27)8-9-29-5/h6-7,10H,8-9H2,1-5H3. The van der Waals surface area contributed by atoms with Crippen LogP contribution in [0.25, 0.3) is 22.6 Å². The largest absolute Gasteiger partial charge is 0.383 e. The molecular formula is C20H22ClN5O3. The number of hydrogen-bond donors (Lipinski definition) is 0. The highest BCUT2D eigenvalue weighted by atomic mass is 35.5. The van der Waals surface area contributed by atoms with Crippen LogP contribution in [0.3, 0.4) is 0 Å². The van der Waals surface area contributed by atoms with E-state index in [4.69, 9.17) is 16.3 Å². The molecule has 3 heterocycles. The molecule has 0 bridgehead atoms. The molecule has 29 heavy (non-hydrogen) atoms. The van der Waals surface area contributed by atoms with Crippen LogP contribution < -0.4 is 11.2 Å². The zero-order chi connectivity index (χ0) is 21.0. The zero-order valence-electron chi connectivity index (χ0n) is 17.0. The van der Waals surface area contributed by atoms with Gasteiger partial charge < -0.3 is 4.74 Å². The Morgan fingerprint density at radius 3 is 2.52 bits per heavy atom. The molecule has 9 heteroatoms. The fraction of sp³-hybridized carbons (Fsp3) is 0.350. The zero-order valence-corrected chi connectivity index (χ0v) is 17.7. The Morgan fingerprint density at radius 2 is 1.86 bits per heavy atom. The number of aromatic nitrogens is 5. The molecule has 8 nitrogen and oxygen atoms in total. The molecule has 0 radical (unpaired) electrons. The summed E-state index contributed by atoms with van der Waals surface area (Å²) >= 11 is 6.34. The molecule has 3 aromatic heterocycles. The van der Waals surface area contributed by atoms with E-state index < -0.39 is 5.69 Å². The highest BCUT2D eigenvalue weighted by Crippen LogP contribution is 2.27. The van der Waals surface area contributed by atoms with Crippen molar-refractivity contribution in [1.29, 1.82) is 0 Å². The Morgan fingerprint density at radius 1 is 1.14 bits per heavy atom. The van der Waals surface area contributed by atoms with Crippen molar-refractivity contribution in [2.45, 2.75) is 27.3 Å². The van der Waals surface area contributed by atoms with Crippen LogP contribution in [0, 0.1) is 20.8 Å². The molecule has 4 rings (SSSR count). The molecule has 0 aliphatic carbocycles. The number of aryl methyl sites for hydroxylation is 3. The van der Waals surface area contributed by atoms with Crippen LogP contribution in [0.2, 0.25) is 5.02 Å². The molecular weight excluding hydrogens is 394 g/mol. The maximum atomic E-state index is 13.2. The Labute approximate surface area is 171 Å². The van der Waals surface area contributed by atoms with E-state index in [2.05, 4.69) is 4.98 Å². The Balaban J connectivity index is 2.13. The first-order chi connectivity index (χ1) is 13.8. The number of halogens is 1. The average molecular weight is 416 g/mol. The summed E-state index contributed by atoms with van der Waals surface area (Å²) in [5, 5.41) is 0.650. The van der Waals surface area contributed by atoms with Crippen molar-refractivity contribution in [3.05, 3.63) is 61.0 Å². The summed E-state index contributed by atoms with van der Waals surface area (Å²) < 4.78 is 11.4. The lowest BCUT2D eigenvalue weighted by Gasteiger charge is -2.09. The first kappa shape index (κ1) is 19.5. The summed E-state index contributed by atoms with van der Waals surface area (Å²) in [6.45, 7) is 6.29. The maximum absolute atomic E-state index is 13.2. The lowest BCUT2D eigenvalue weighted by molar-refractivity contribution is 0.184. The van der Waals surface area contributed by atoms with Gasteiger partial charge in [-0.1, -0.05) is 17.7 Å². The van der Waals surface area contributed by atoms with Gasteiger partial charge in [-0.2, -0.15) is 4.98 Å². The molecule has 0 fully saturated rings. The minimum Gasteiger partial charge on any atom is -0.383 e. The van der Waals surface area contributed by atoms with Gasteiger partial charge in [0, 0.05) is 30.6 Å². The average Bonchev–Trinajstić information content (AvgIpc) is 3.18. The van der Waals surface area contributed by atoms with Gasteiger partial charge in [0.15, 0.2) is 11.2 Å². The van der Waals surface area contributed by atoms with Gasteiger partial charge in [-0.3, -0.25) is 22.9 Å². The summed E-state index contributed by atoms with van der Waals surface area (Å²) in [5.74, 6) is 0.562. The molecule has 0 aliphatic rings. The van der Waals surface area contributed by atoms with E-state index >= 15 is 0 Å². The first-order valence-electron chi connectivity index (χ1n) is 9.23. The third kappa shape index (κ3) is 2.74. The highest BCUT2D eigenvalue weighted by Gasteiger charge is 2.23. The summed E-state index contributed by atoms with van der Waals surface area (Å²) in [7, 11) is 3.15. The lowest BCUT2D eigenvalue weighted by atomic mass is 10.2. The lowest BCUT2D eigenvalue weighted by Crippen LogP contribution is -2.40. The molecule has 0 aliphatic heterocycles. The second kappa shape index (κ2) is 6.89. The summed E-state index contributed by atoms with van der Waals surface area (Å²) in [6.07, 6.45) is 0. The molecule has 1 aromatic carbocycles. The van der Waals surface area contributed by atoms with Crippen molar-refractivity contribution in [2.24, 2.45) is 7.05 Å². The van der Waals surface area contributed by atoms with E-state index in [9.17, 15) is 9.59 Å². The summed E-state index contributed by atoms with van der Waals surface area (Å²) in [6, 6.07) is 5.78. The molecule has 0 atom stereocenters. The molecule has 0 N–H and O–H groups in total. The van der Waals surface area contributed by atoms with Gasteiger partial charge in [0.2, 0.25) is 5.78 Å². The van der Waals surface area contributed by atoms with Crippen molar-refractivity contribution in [3.63, 3.8) is 0 Å². The van der Waals surface area contributed by atoms with Crippen LogP contribution in [0.4, 0.5) is 0 Å². The number of fused-ring (bicyclic) bond motifs is 3. The van der Waals surface area contributed by atoms with Gasteiger partial charge in [-0.15, -0.1) is 0 Å². The molecule has 4 aromatic rings. The van der Waals surface area contributed by atoms with E-state index in [1.54, 1.807) is 7.05 Å². The van der Waals surface area contributed by atoms with Crippen molar-refractivity contribution >= 4 is 28.5 Å². The van der Waals surface area contributed by atoms with Gasteiger partial charge in [0.05, 0.1) is 18.8 Å². The SMILES string of the molecule is COCCn1c(=O)c2c(nc3n(-c4ccc(C)c(Cl)c4)c(C)c(C)n23)n(C)c1=O. The topological polar surface area (TPSA) is 75.5 Å². The summed E-state index contributed by atoms with van der Waals surface area (Å²) in [5.41, 5.74) is 3.55. The normalized spacial score (nSPS) is 11.8. The number of benzene rings is 1. The minimum atomic E-state index is -0.417. The van der Waals surface area contributed by atoms with E-state index in [0.717, 1.165) is 22.6 Å². The minimum absolute atomic E-state index is 0.178. The number of nitrogens with zero attached hydrogens (tertiary/aromatic N) is 5. The van der Waals surface area contributed by atoms with Crippen molar-refractivity contribution in [3.8, 4) is 5.69 Å². The smallest absolute Gasteiger partial charge is 0.332 e. The molecule has 0 spiro atoms. The maximum Gasteiger partial charge on any atom is 0.332 e. The third-order valence-corrected chi connectivity index (χ3v) is 5.86. The number of rotatable bonds is 4.